The molecule has 5 heteroatoms. The third-order valence-electron chi connectivity index (χ3n) is 2.63. The van der Waals surface area contributed by atoms with Gasteiger partial charge in [0, 0.05) is 19.1 Å². The van der Waals surface area contributed by atoms with Crippen molar-refractivity contribution in [3.8, 4) is 0 Å². The summed E-state index contributed by atoms with van der Waals surface area (Å²) < 4.78 is 4.67. The first-order valence-electron chi connectivity index (χ1n) is 5.18. The number of carbonyl (C=O) groups excluding carboxylic acids is 2. The van der Waals surface area contributed by atoms with Crippen LogP contribution in [0.2, 0.25) is 0 Å². The fraction of sp³-hybridized carbons (Fsp3) is 0.800. The van der Waals surface area contributed by atoms with Crippen LogP contribution in [-0.2, 0) is 14.3 Å². The summed E-state index contributed by atoms with van der Waals surface area (Å²) in [5.74, 6) is -1.25. The van der Waals surface area contributed by atoms with Crippen LogP contribution in [-0.4, -0.2) is 61.5 Å². The molecule has 0 aromatic rings. The molecule has 0 spiro atoms. The molecule has 0 saturated carbocycles. The lowest BCUT2D eigenvalue weighted by molar-refractivity contribution is -0.159. The Morgan fingerprint density at radius 2 is 2.13 bits per heavy atom. The number of carbonyl (C=O) groups is 2. The molecule has 1 rings (SSSR count). The highest BCUT2D eigenvalue weighted by atomic mass is 16.5. The van der Waals surface area contributed by atoms with Gasteiger partial charge in [0.1, 0.15) is 0 Å². The number of nitrogens with zero attached hydrogens (tertiary/aromatic N) is 2. The van der Waals surface area contributed by atoms with Gasteiger partial charge in [0.25, 0.3) is 0 Å². The van der Waals surface area contributed by atoms with Crippen LogP contribution >= 0.6 is 0 Å². The number of hydrogen-bond acceptors (Lipinski definition) is 4. The minimum Gasteiger partial charge on any atom is -0.459 e. The molecule has 1 fully saturated rings. The molecule has 15 heavy (non-hydrogen) atoms. The first-order chi connectivity index (χ1) is 7.06. The van der Waals surface area contributed by atoms with Crippen LogP contribution in [0.25, 0.3) is 0 Å². The minimum absolute atomic E-state index is 0.246. The minimum atomic E-state index is -0.739. The molecule has 1 unspecified atom stereocenters. The third kappa shape index (κ3) is 2.92. The predicted octanol–water partition coefficient (Wildman–Crippen LogP) is -0.288. The van der Waals surface area contributed by atoms with Crippen LogP contribution in [0.15, 0.2) is 0 Å². The highest BCUT2D eigenvalue weighted by Crippen LogP contribution is 2.13. The third-order valence-corrected chi connectivity index (χ3v) is 2.63. The Labute approximate surface area is 90.0 Å². The van der Waals surface area contributed by atoms with E-state index in [1.54, 1.807) is 11.8 Å². The van der Waals surface area contributed by atoms with Gasteiger partial charge in [0.05, 0.1) is 6.61 Å². The molecule has 0 bridgehead atoms. The number of likely N-dealkylation sites (N-methyl/N-ethyl adjacent to an activating group) is 1. The van der Waals surface area contributed by atoms with Crippen molar-refractivity contribution in [2.24, 2.45) is 0 Å². The predicted molar refractivity (Wildman–Crippen MR) is 55.3 cm³/mol. The number of ether oxygens (including phenoxy) is 1. The fourth-order valence-corrected chi connectivity index (χ4v) is 1.67. The largest absolute Gasteiger partial charge is 0.459 e. The molecule has 1 aliphatic rings. The standard InChI is InChI=1S/C10H18N2O3/c1-4-15-10(14)9(13)12-6-5-8(7-12)11(2)3/h8H,4-7H2,1-3H3. The van der Waals surface area contributed by atoms with E-state index in [0.717, 1.165) is 6.42 Å². The van der Waals surface area contributed by atoms with E-state index < -0.39 is 11.9 Å². The number of amides is 1. The van der Waals surface area contributed by atoms with Gasteiger partial charge in [-0.25, -0.2) is 4.79 Å². The second kappa shape index (κ2) is 5.11. The summed E-state index contributed by atoms with van der Waals surface area (Å²) in [6, 6.07) is 0.350. The molecule has 0 aliphatic carbocycles. The Balaban J connectivity index is 2.46. The molecule has 1 atom stereocenters. The zero-order valence-electron chi connectivity index (χ0n) is 9.52. The van der Waals surface area contributed by atoms with Crippen molar-refractivity contribution >= 4 is 11.9 Å². The maximum Gasteiger partial charge on any atom is 0.397 e. The molecule has 1 amide bonds. The lowest BCUT2D eigenvalue weighted by Crippen LogP contribution is -2.38. The Hall–Kier alpha value is -1.10. The van der Waals surface area contributed by atoms with Gasteiger partial charge >= 0.3 is 11.9 Å². The highest BCUT2D eigenvalue weighted by Gasteiger charge is 2.31. The molecule has 1 aliphatic heterocycles. The molecular weight excluding hydrogens is 196 g/mol. The second-order valence-corrected chi connectivity index (χ2v) is 3.88. The Morgan fingerprint density at radius 3 is 2.60 bits per heavy atom. The van der Waals surface area contributed by atoms with Gasteiger partial charge in [-0.3, -0.25) is 4.79 Å². The molecule has 1 heterocycles. The van der Waals surface area contributed by atoms with Crippen molar-refractivity contribution in [2.45, 2.75) is 19.4 Å². The van der Waals surface area contributed by atoms with Gasteiger partial charge in [0.2, 0.25) is 0 Å². The van der Waals surface area contributed by atoms with Crippen LogP contribution in [0.5, 0.6) is 0 Å². The summed E-state index contributed by atoms with van der Waals surface area (Å²) in [5.41, 5.74) is 0. The van der Waals surface area contributed by atoms with E-state index in [1.807, 2.05) is 14.1 Å². The monoisotopic (exact) mass is 214 g/mol. The van der Waals surface area contributed by atoms with E-state index in [2.05, 4.69) is 9.64 Å². The van der Waals surface area contributed by atoms with Crippen LogP contribution in [0.1, 0.15) is 13.3 Å². The Morgan fingerprint density at radius 1 is 1.47 bits per heavy atom. The molecule has 0 aromatic heterocycles. The summed E-state index contributed by atoms with van der Waals surface area (Å²) in [7, 11) is 3.95. The summed E-state index contributed by atoms with van der Waals surface area (Å²) in [6.45, 7) is 3.19. The van der Waals surface area contributed by atoms with Crippen LogP contribution < -0.4 is 0 Å². The van der Waals surface area contributed by atoms with Crippen molar-refractivity contribution in [2.75, 3.05) is 33.8 Å². The first-order valence-corrected chi connectivity index (χ1v) is 5.18. The van der Waals surface area contributed by atoms with Gasteiger partial charge in [-0.2, -0.15) is 0 Å². The molecule has 1 saturated heterocycles. The average Bonchev–Trinajstić information content (AvgIpc) is 2.65. The number of hydrogen-bond donors (Lipinski definition) is 0. The topological polar surface area (TPSA) is 49.9 Å². The van der Waals surface area contributed by atoms with E-state index in [9.17, 15) is 9.59 Å². The fourth-order valence-electron chi connectivity index (χ4n) is 1.67. The van der Waals surface area contributed by atoms with Gasteiger partial charge in [-0.05, 0) is 27.4 Å². The van der Waals surface area contributed by atoms with Crippen LogP contribution in [0.4, 0.5) is 0 Å². The average molecular weight is 214 g/mol. The SMILES string of the molecule is CCOC(=O)C(=O)N1CCC(N(C)C)C1. The Kier molecular flexibility index (Phi) is 4.08. The van der Waals surface area contributed by atoms with E-state index in [-0.39, 0.29) is 6.61 Å². The number of rotatable bonds is 2. The summed E-state index contributed by atoms with van der Waals surface area (Å²) >= 11 is 0. The van der Waals surface area contributed by atoms with E-state index in [4.69, 9.17) is 0 Å². The highest BCUT2D eigenvalue weighted by molar-refractivity contribution is 6.32. The normalized spacial score (nSPS) is 20.8. The lowest BCUT2D eigenvalue weighted by Gasteiger charge is -2.19. The molecule has 0 radical (unpaired) electrons. The van der Waals surface area contributed by atoms with Crippen molar-refractivity contribution in [1.82, 2.24) is 9.80 Å². The summed E-state index contributed by atoms with van der Waals surface area (Å²) in [5, 5.41) is 0. The van der Waals surface area contributed by atoms with E-state index >= 15 is 0 Å². The molecular formula is C10H18N2O3. The molecule has 0 aromatic carbocycles. The Bertz CT molecular complexity index is 253. The summed E-state index contributed by atoms with van der Waals surface area (Å²) in [6.07, 6.45) is 0.915. The zero-order chi connectivity index (χ0) is 11.4. The summed E-state index contributed by atoms with van der Waals surface area (Å²) in [4.78, 5) is 26.3. The van der Waals surface area contributed by atoms with Gasteiger partial charge in [-0.1, -0.05) is 0 Å². The zero-order valence-corrected chi connectivity index (χ0v) is 9.52. The van der Waals surface area contributed by atoms with Gasteiger partial charge < -0.3 is 14.5 Å². The number of esters is 1. The van der Waals surface area contributed by atoms with Crippen molar-refractivity contribution in [1.29, 1.82) is 0 Å². The maximum atomic E-state index is 11.5. The van der Waals surface area contributed by atoms with Crippen molar-refractivity contribution in [3.05, 3.63) is 0 Å². The molecule has 0 N–H and O–H groups in total. The van der Waals surface area contributed by atoms with Crippen molar-refractivity contribution in [3.63, 3.8) is 0 Å². The quantitative estimate of drug-likeness (QED) is 0.468. The van der Waals surface area contributed by atoms with Crippen molar-refractivity contribution < 1.29 is 14.3 Å². The first kappa shape index (κ1) is 12.0. The molecule has 86 valence electrons. The lowest BCUT2D eigenvalue weighted by atomic mass is 10.2. The maximum absolute atomic E-state index is 11.5. The van der Waals surface area contributed by atoms with Gasteiger partial charge in [-0.15, -0.1) is 0 Å². The van der Waals surface area contributed by atoms with Gasteiger partial charge in [0.15, 0.2) is 0 Å². The second-order valence-electron chi connectivity index (χ2n) is 3.88. The van der Waals surface area contributed by atoms with Crippen LogP contribution in [0.3, 0.4) is 0 Å². The molecule has 5 nitrogen and oxygen atoms in total. The number of likely N-dealkylation sites (tertiary alicyclic amines) is 1. The van der Waals surface area contributed by atoms with E-state index in [0.29, 0.717) is 19.1 Å². The van der Waals surface area contributed by atoms with Crippen LogP contribution in [0, 0.1) is 0 Å². The van der Waals surface area contributed by atoms with E-state index in [1.165, 1.54) is 0 Å². The smallest absolute Gasteiger partial charge is 0.397 e.